The molecule has 1 aliphatic rings. The Kier molecular flexibility index (Phi) is 8.02. The lowest BCUT2D eigenvalue weighted by Crippen LogP contribution is -2.46. The van der Waals surface area contributed by atoms with E-state index in [1.807, 2.05) is 0 Å². The number of carbonyl (C=O) groups excluding carboxylic acids is 2. The molecule has 0 unspecified atom stereocenters. The zero-order chi connectivity index (χ0) is 25.7. The van der Waals surface area contributed by atoms with E-state index in [9.17, 15) is 18.8 Å². The molecule has 1 aliphatic heterocycles. The van der Waals surface area contributed by atoms with E-state index in [4.69, 9.17) is 16.7 Å². The van der Waals surface area contributed by atoms with Crippen LogP contribution in [-0.2, 0) is 16.0 Å². The molecule has 2 amide bonds. The summed E-state index contributed by atoms with van der Waals surface area (Å²) >= 11 is 7.14. The summed E-state index contributed by atoms with van der Waals surface area (Å²) in [4.78, 5) is 43.3. The van der Waals surface area contributed by atoms with Crippen LogP contribution in [0.2, 0.25) is 5.02 Å². The van der Waals surface area contributed by atoms with E-state index in [1.165, 1.54) is 53.1 Å². The number of thioether (sulfide) groups is 1. The van der Waals surface area contributed by atoms with Crippen molar-refractivity contribution in [2.45, 2.75) is 18.1 Å². The van der Waals surface area contributed by atoms with Gasteiger partial charge in [-0.1, -0.05) is 35.5 Å². The van der Waals surface area contributed by atoms with Crippen LogP contribution in [0.5, 0.6) is 0 Å². The Bertz CT molecular complexity index is 1300. The molecule has 0 saturated carbocycles. The molecule has 0 bridgehead atoms. The van der Waals surface area contributed by atoms with Crippen molar-refractivity contribution in [3.63, 3.8) is 0 Å². The summed E-state index contributed by atoms with van der Waals surface area (Å²) in [6.07, 6.45) is 0.450. The molecule has 3 aromatic carbocycles. The second-order valence-corrected chi connectivity index (χ2v) is 9.58. The van der Waals surface area contributed by atoms with Crippen LogP contribution in [-0.4, -0.2) is 44.8 Å². The number of nitrogens with zero attached hydrogens (tertiary/aromatic N) is 2. The molecule has 0 aromatic heterocycles. The molecule has 36 heavy (non-hydrogen) atoms. The number of anilines is 1. The Labute approximate surface area is 216 Å². The molecule has 10 heteroatoms. The summed E-state index contributed by atoms with van der Waals surface area (Å²) in [5.74, 6) is -2.05. The van der Waals surface area contributed by atoms with Crippen LogP contribution in [0.15, 0.2) is 77.8 Å². The number of amidine groups is 1. The van der Waals surface area contributed by atoms with Gasteiger partial charge in [0.25, 0.3) is 0 Å². The first-order valence-corrected chi connectivity index (χ1v) is 12.2. The smallest absolute Gasteiger partial charge is 0.335 e. The Morgan fingerprint density at radius 2 is 1.72 bits per heavy atom. The van der Waals surface area contributed by atoms with Gasteiger partial charge in [0.05, 0.1) is 11.3 Å². The predicted octanol–water partition coefficient (Wildman–Crippen LogP) is 5.38. The zero-order valence-corrected chi connectivity index (χ0v) is 20.4. The van der Waals surface area contributed by atoms with Crippen LogP contribution in [0, 0.1) is 5.82 Å². The average molecular weight is 526 g/mol. The van der Waals surface area contributed by atoms with Crippen LogP contribution in [0.4, 0.5) is 15.8 Å². The van der Waals surface area contributed by atoms with Gasteiger partial charge < -0.3 is 10.4 Å². The average Bonchev–Trinajstić information content (AvgIpc) is 2.86. The van der Waals surface area contributed by atoms with Crippen LogP contribution in [0.1, 0.15) is 22.3 Å². The highest BCUT2D eigenvalue weighted by molar-refractivity contribution is 8.15. The molecule has 184 valence electrons. The molecule has 0 aliphatic carbocycles. The highest BCUT2D eigenvalue weighted by Crippen LogP contribution is 2.30. The van der Waals surface area contributed by atoms with E-state index in [0.717, 1.165) is 5.56 Å². The highest BCUT2D eigenvalue weighted by Gasteiger charge is 2.35. The van der Waals surface area contributed by atoms with E-state index in [1.54, 1.807) is 36.4 Å². The molecule has 1 saturated heterocycles. The number of aromatic carboxylic acids is 1. The molecule has 1 fully saturated rings. The lowest BCUT2D eigenvalue weighted by molar-refractivity contribution is -0.129. The highest BCUT2D eigenvalue weighted by atomic mass is 35.5. The normalized spacial score (nSPS) is 16.7. The van der Waals surface area contributed by atoms with Gasteiger partial charge in [0.15, 0.2) is 5.17 Å². The molecular formula is C26H21ClFN3O4S. The third-order valence-corrected chi connectivity index (χ3v) is 6.86. The second kappa shape index (κ2) is 11.4. The quantitative estimate of drug-likeness (QED) is 0.431. The molecule has 4 rings (SSSR count). The van der Waals surface area contributed by atoms with E-state index >= 15 is 0 Å². The maximum absolute atomic E-state index is 13.2. The zero-order valence-electron chi connectivity index (χ0n) is 18.9. The van der Waals surface area contributed by atoms with Crippen molar-refractivity contribution in [3.05, 3.63) is 94.8 Å². The van der Waals surface area contributed by atoms with Gasteiger partial charge in [0, 0.05) is 23.7 Å². The number of hydrogen-bond donors (Lipinski definition) is 2. The summed E-state index contributed by atoms with van der Waals surface area (Å²) in [6, 6.07) is 18.6. The van der Waals surface area contributed by atoms with Gasteiger partial charge in [-0.25, -0.2) is 14.2 Å². The van der Waals surface area contributed by atoms with Crippen molar-refractivity contribution in [3.8, 4) is 0 Å². The summed E-state index contributed by atoms with van der Waals surface area (Å²) in [5.41, 5.74) is 1.97. The van der Waals surface area contributed by atoms with Crippen molar-refractivity contribution in [1.82, 2.24) is 4.90 Å². The molecule has 2 N–H and O–H groups in total. The number of rotatable bonds is 7. The fourth-order valence-electron chi connectivity index (χ4n) is 3.50. The van der Waals surface area contributed by atoms with Gasteiger partial charge >= 0.3 is 5.97 Å². The maximum atomic E-state index is 13.2. The number of benzene rings is 3. The minimum absolute atomic E-state index is 0.0350. The van der Waals surface area contributed by atoms with Gasteiger partial charge in [-0.3, -0.25) is 14.5 Å². The largest absolute Gasteiger partial charge is 0.478 e. The number of carboxylic acids is 1. The van der Waals surface area contributed by atoms with Crippen LogP contribution in [0.25, 0.3) is 0 Å². The van der Waals surface area contributed by atoms with Crippen LogP contribution >= 0.6 is 23.4 Å². The third kappa shape index (κ3) is 6.50. The molecule has 0 radical (unpaired) electrons. The molecule has 1 heterocycles. The van der Waals surface area contributed by atoms with Crippen molar-refractivity contribution in [1.29, 1.82) is 0 Å². The Hall–Kier alpha value is -3.69. The standard InChI is InChI=1S/C26H21ClFN3O4S/c27-18-5-11-21(12-6-18)30-26-31(14-13-16-1-7-19(28)8-2-16)23(32)15-22(36-26)24(33)29-20-9-3-17(4-10-20)25(34)35/h1-12,22H,13-15H2,(H,29,33)(H,34,35)/t22-/m0/s1. The lowest BCUT2D eigenvalue weighted by atomic mass is 10.1. The van der Waals surface area contributed by atoms with Crippen molar-refractivity contribution < 1.29 is 23.9 Å². The Balaban J connectivity index is 1.52. The molecule has 3 aromatic rings. The first-order valence-electron chi connectivity index (χ1n) is 11.0. The van der Waals surface area contributed by atoms with E-state index in [2.05, 4.69) is 10.3 Å². The second-order valence-electron chi connectivity index (χ2n) is 7.98. The molecule has 0 spiro atoms. The number of carbonyl (C=O) groups is 3. The first kappa shape index (κ1) is 25.4. The molecular weight excluding hydrogens is 505 g/mol. The predicted molar refractivity (Wildman–Crippen MR) is 138 cm³/mol. The van der Waals surface area contributed by atoms with Gasteiger partial charge in [-0.2, -0.15) is 0 Å². The van der Waals surface area contributed by atoms with Crippen molar-refractivity contribution >= 4 is 57.7 Å². The number of halogens is 2. The van der Waals surface area contributed by atoms with Crippen LogP contribution in [0.3, 0.4) is 0 Å². The first-order chi connectivity index (χ1) is 17.3. The fraction of sp³-hybridized carbons (Fsp3) is 0.154. The van der Waals surface area contributed by atoms with Gasteiger partial charge in [-0.15, -0.1) is 0 Å². The summed E-state index contributed by atoms with van der Waals surface area (Å²) in [5, 5.41) is 12.0. The minimum atomic E-state index is -1.06. The maximum Gasteiger partial charge on any atom is 0.335 e. The van der Waals surface area contributed by atoms with Crippen LogP contribution < -0.4 is 5.32 Å². The monoisotopic (exact) mass is 525 g/mol. The summed E-state index contributed by atoms with van der Waals surface area (Å²) in [7, 11) is 0. The topological polar surface area (TPSA) is 99.1 Å². The number of aliphatic imine (C=N–C) groups is 1. The van der Waals surface area contributed by atoms with Crippen molar-refractivity contribution in [2.24, 2.45) is 4.99 Å². The number of carboxylic acid groups (broad SMARTS) is 1. The lowest BCUT2D eigenvalue weighted by Gasteiger charge is -2.32. The van der Waals surface area contributed by atoms with E-state index < -0.39 is 17.1 Å². The van der Waals surface area contributed by atoms with E-state index in [0.29, 0.717) is 34.5 Å². The molecule has 7 nitrogen and oxygen atoms in total. The van der Waals surface area contributed by atoms with Gasteiger partial charge in [0.2, 0.25) is 11.8 Å². The Morgan fingerprint density at radius 1 is 1.06 bits per heavy atom. The third-order valence-electron chi connectivity index (χ3n) is 5.42. The fourth-order valence-corrected chi connectivity index (χ4v) is 4.75. The molecule has 1 atom stereocenters. The summed E-state index contributed by atoms with van der Waals surface area (Å²) < 4.78 is 13.2. The van der Waals surface area contributed by atoms with E-state index in [-0.39, 0.29) is 23.7 Å². The Morgan fingerprint density at radius 3 is 2.36 bits per heavy atom. The number of nitrogens with one attached hydrogen (secondary N) is 1. The SMILES string of the molecule is O=C(O)c1ccc(NC(=O)[C@@H]2CC(=O)N(CCc3ccc(F)cc3)C(=Nc3ccc(Cl)cc3)S2)cc1. The van der Waals surface area contributed by atoms with Gasteiger partial charge in [0.1, 0.15) is 11.1 Å². The van der Waals surface area contributed by atoms with Crippen molar-refractivity contribution in [2.75, 3.05) is 11.9 Å². The van der Waals surface area contributed by atoms with Gasteiger partial charge in [-0.05, 0) is 72.6 Å². The number of amides is 2. The summed E-state index contributed by atoms with van der Waals surface area (Å²) in [6.45, 7) is 0.314. The minimum Gasteiger partial charge on any atom is -0.478 e. The number of hydrogen-bond acceptors (Lipinski definition) is 5.